The lowest BCUT2D eigenvalue weighted by molar-refractivity contribution is -0.131. The zero-order chi connectivity index (χ0) is 21.3. The zero-order valence-corrected chi connectivity index (χ0v) is 16.8. The Kier molecular flexibility index (Phi) is 5.54. The van der Waals surface area contributed by atoms with Crippen LogP contribution in [-0.4, -0.2) is 38.7 Å². The number of hydrogen-bond acceptors (Lipinski definition) is 5. The standard InChI is InChI=1S/C21H19F2N5OS/c22-15-5-1-13(2-6-15)20-25-21(14-3-7-16(23)8-4-14)28(26-20)12-19(29)27-10-9-17(24)18(30)11-27/h1-8,30H,9-12,24H2. The molecule has 0 atom stereocenters. The molecule has 1 aliphatic heterocycles. The molecule has 0 aliphatic carbocycles. The minimum Gasteiger partial charge on any atom is -0.401 e. The van der Waals surface area contributed by atoms with E-state index in [1.807, 2.05) is 0 Å². The fraction of sp³-hybridized carbons (Fsp3) is 0.190. The molecule has 0 radical (unpaired) electrons. The molecule has 2 N–H and O–H groups in total. The van der Waals surface area contributed by atoms with Crippen molar-refractivity contribution in [2.45, 2.75) is 13.0 Å². The van der Waals surface area contributed by atoms with Gasteiger partial charge in [-0.3, -0.25) is 4.79 Å². The van der Waals surface area contributed by atoms with Crippen LogP contribution in [0, 0.1) is 11.6 Å². The third kappa shape index (κ3) is 4.20. The van der Waals surface area contributed by atoms with Gasteiger partial charge in [0, 0.05) is 34.7 Å². The van der Waals surface area contributed by atoms with Gasteiger partial charge in [0.05, 0.1) is 6.54 Å². The van der Waals surface area contributed by atoms with Gasteiger partial charge in [-0.2, -0.15) is 0 Å². The first-order valence-electron chi connectivity index (χ1n) is 9.31. The quantitative estimate of drug-likeness (QED) is 0.627. The number of nitrogens with zero attached hydrogens (tertiary/aromatic N) is 4. The van der Waals surface area contributed by atoms with E-state index in [-0.39, 0.29) is 24.1 Å². The van der Waals surface area contributed by atoms with E-state index < -0.39 is 0 Å². The van der Waals surface area contributed by atoms with Crippen molar-refractivity contribution in [3.8, 4) is 22.8 Å². The molecule has 0 spiro atoms. The van der Waals surface area contributed by atoms with Crippen molar-refractivity contribution in [3.63, 3.8) is 0 Å². The summed E-state index contributed by atoms with van der Waals surface area (Å²) < 4.78 is 28.1. The van der Waals surface area contributed by atoms with Gasteiger partial charge in [-0.15, -0.1) is 17.7 Å². The van der Waals surface area contributed by atoms with Crippen LogP contribution >= 0.6 is 12.6 Å². The molecule has 6 nitrogen and oxygen atoms in total. The molecule has 1 aliphatic rings. The average Bonchev–Trinajstić information content (AvgIpc) is 3.14. The highest BCUT2D eigenvalue weighted by molar-refractivity contribution is 7.84. The molecule has 3 aromatic rings. The Morgan fingerprint density at radius 2 is 1.63 bits per heavy atom. The lowest BCUT2D eigenvalue weighted by atomic mass is 10.2. The summed E-state index contributed by atoms with van der Waals surface area (Å²) in [6.45, 7) is 0.793. The second kappa shape index (κ2) is 8.27. The van der Waals surface area contributed by atoms with Gasteiger partial charge in [0.15, 0.2) is 11.6 Å². The molecule has 0 unspecified atom stereocenters. The molecule has 0 bridgehead atoms. The number of aromatic nitrogens is 3. The van der Waals surface area contributed by atoms with E-state index in [2.05, 4.69) is 22.7 Å². The third-order valence-corrected chi connectivity index (χ3v) is 5.31. The minimum atomic E-state index is -0.376. The molecule has 2 heterocycles. The van der Waals surface area contributed by atoms with Crippen LogP contribution in [0.1, 0.15) is 6.42 Å². The molecule has 0 fully saturated rings. The van der Waals surface area contributed by atoms with Crippen LogP contribution in [0.2, 0.25) is 0 Å². The number of carbonyl (C=O) groups excluding carboxylic acids is 1. The second-order valence-corrected chi connectivity index (χ2v) is 7.51. The normalized spacial score (nSPS) is 14.3. The SMILES string of the molecule is NC1=C(S)CN(C(=O)Cn2nc(-c3ccc(F)cc3)nc2-c2ccc(F)cc2)CC1. The largest absolute Gasteiger partial charge is 0.401 e. The number of halogens is 2. The van der Waals surface area contributed by atoms with Gasteiger partial charge in [0.2, 0.25) is 5.91 Å². The van der Waals surface area contributed by atoms with Crippen LogP contribution in [0.25, 0.3) is 22.8 Å². The minimum absolute atomic E-state index is 0.0537. The van der Waals surface area contributed by atoms with Gasteiger partial charge in [0.25, 0.3) is 0 Å². The second-order valence-electron chi connectivity index (χ2n) is 6.97. The highest BCUT2D eigenvalue weighted by atomic mass is 32.1. The van der Waals surface area contributed by atoms with Crippen molar-refractivity contribution < 1.29 is 13.6 Å². The topological polar surface area (TPSA) is 77.0 Å². The molecule has 1 aromatic heterocycles. The smallest absolute Gasteiger partial charge is 0.244 e. The van der Waals surface area contributed by atoms with E-state index in [4.69, 9.17) is 5.73 Å². The van der Waals surface area contributed by atoms with Crippen LogP contribution in [0.3, 0.4) is 0 Å². The Balaban J connectivity index is 1.67. The molecule has 9 heteroatoms. The lowest BCUT2D eigenvalue weighted by Gasteiger charge is -2.28. The predicted octanol–water partition coefficient (Wildman–Crippen LogP) is 3.22. The van der Waals surface area contributed by atoms with Crippen molar-refractivity contribution in [2.24, 2.45) is 5.73 Å². The molecule has 30 heavy (non-hydrogen) atoms. The summed E-state index contributed by atoms with van der Waals surface area (Å²) >= 11 is 4.34. The average molecular weight is 427 g/mol. The number of thiol groups is 1. The fourth-order valence-electron chi connectivity index (χ4n) is 3.19. The first-order chi connectivity index (χ1) is 14.4. The number of nitrogens with two attached hydrogens (primary N) is 1. The summed E-state index contributed by atoms with van der Waals surface area (Å²) in [4.78, 5) is 19.7. The maximum atomic E-state index is 13.4. The van der Waals surface area contributed by atoms with Crippen LogP contribution < -0.4 is 5.73 Å². The van der Waals surface area contributed by atoms with Gasteiger partial charge < -0.3 is 10.6 Å². The molecule has 2 aromatic carbocycles. The first kappa shape index (κ1) is 20.1. The highest BCUT2D eigenvalue weighted by Crippen LogP contribution is 2.24. The van der Waals surface area contributed by atoms with E-state index in [0.29, 0.717) is 52.9 Å². The number of hydrogen-bond donors (Lipinski definition) is 2. The van der Waals surface area contributed by atoms with Gasteiger partial charge in [0.1, 0.15) is 18.2 Å². The van der Waals surface area contributed by atoms with Crippen molar-refractivity contribution in [3.05, 3.63) is 70.8 Å². The summed E-state index contributed by atoms with van der Waals surface area (Å²) in [7, 11) is 0. The molecular formula is C21H19F2N5OS. The Morgan fingerprint density at radius 3 is 2.23 bits per heavy atom. The summed E-state index contributed by atoms with van der Waals surface area (Å²) in [5.41, 5.74) is 7.78. The molecular weight excluding hydrogens is 408 g/mol. The molecule has 0 saturated heterocycles. The first-order valence-corrected chi connectivity index (χ1v) is 9.76. The Bertz CT molecular complexity index is 1110. The summed E-state index contributed by atoms with van der Waals surface area (Å²) in [6, 6.07) is 11.6. The van der Waals surface area contributed by atoms with Crippen LogP contribution in [-0.2, 0) is 11.3 Å². The Hall–Kier alpha value is -3.20. The maximum absolute atomic E-state index is 13.4. The summed E-state index contributed by atoms with van der Waals surface area (Å²) in [5, 5.41) is 4.46. The van der Waals surface area contributed by atoms with E-state index in [1.165, 1.54) is 28.9 Å². The molecule has 0 saturated carbocycles. The van der Waals surface area contributed by atoms with E-state index >= 15 is 0 Å². The number of amides is 1. The third-order valence-electron chi connectivity index (χ3n) is 4.88. The Morgan fingerprint density at radius 1 is 1.03 bits per heavy atom. The van der Waals surface area contributed by atoms with Gasteiger partial charge >= 0.3 is 0 Å². The number of rotatable bonds is 4. The zero-order valence-electron chi connectivity index (χ0n) is 15.9. The van der Waals surface area contributed by atoms with Crippen molar-refractivity contribution in [1.82, 2.24) is 19.7 Å². The van der Waals surface area contributed by atoms with Crippen molar-refractivity contribution in [1.29, 1.82) is 0 Å². The summed E-state index contributed by atoms with van der Waals surface area (Å²) in [5.74, 6) is -0.139. The molecule has 154 valence electrons. The highest BCUT2D eigenvalue weighted by Gasteiger charge is 2.23. The van der Waals surface area contributed by atoms with Gasteiger partial charge in [-0.25, -0.2) is 18.4 Å². The van der Waals surface area contributed by atoms with E-state index in [0.717, 1.165) is 0 Å². The lowest BCUT2D eigenvalue weighted by Crippen LogP contribution is -2.39. The van der Waals surface area contributed by atoms with E-state index in [1.54, 1.807) is 29.2 Å². The van der Waals surface area contributed by atoms with Gasteiger partial charge in [-0.05, 0) is 48.5 Å². The van der Waals surface area contributed by atoms with E-state index in [9.17, 15) is 13.6 Å². The van der Waals surface area contributed by atoms with Gasteiger partial charge in [-0.1, -0.05) is 0 Å². The van der Waals surface area contributed by atoms with Crippen LogP contribution in [0.5, 0.6) is 0 Å². The maximum Gasteiger partial charge on any atom is 0.244 e. The monoisotopic (exact) mass is 427 g/mol. The predicted molar refractivity (Wildman–Crippen MR) is 112 cm³/mol. The molecule has 4 rings (SSSR count). The van der Waals surface area contributed by atoms with Crippen LogP contribution in [0.15, 0.2) is 59.1 Å². The van der Waals surface area contributed by atoms with Crippen molar-refractivity contribution in [2.75, 3.05) is 13.1 Å². The van der Waals surface area contributed by atoms with Crippen LogP contribution in [0.4, 0.5) is 8.78 Å². The Labute approximate surface area is 177 Å². The van der Waals surface area contributed by atoms with Crippen molar-refractivity contribution >= 4 is 18.5 Å². The molecule has 1 amide bonds. The number of benzene rings is 2. The number of carbonyl (C=O) groups is 1. The summed E-state index contributed by atoms with van der Waals surface area (Å²) in [6.07, 6.45) is 0.563. The fourth-order valence-corrected chi connectivity index (χ4v) is 3.47.